The lowest BCUT2D eigenvalue weighted by molar-refractivity contribution is 0.662. The van der Waals surface area contributed by atoms with Crippen molar-refractivity contribution in [1.29, 1.82) is 0 Å². The van der Waals surface area contributed by atoms with Gasteiger partial charge in [0.1, 0.15) is 0 Å². The number of rotatable bonds is 3. The molecule has 3 rings (SSSR count). The summed E-state index contributed by atoms with van der Waals surface area (Å²) >= 11 is 0. The van der Waals surface area contributed by atoms with Gasteiger partial charge < -0.3 is 10.6 Å². The van der Waals surface area contributed by atoms with Crippen molar-refractivity contribution in [3.63, 3.8) is 0 Å². The van der Waals surface area contributed by atoms with E-state index >= 15 is 0 Å². The van der Waals surface area contributed by atoms with Gasteiger partial charge in [-0.2, -0.15) is 5.10 Å². The van der Waals surface area contributed by atoms with E-state index in [-0.39, 0.29) is 0 Å². The molecule has 2 aliphatic carbocycles. The lowest BCUT2D eigenvalue weighted by atomic mass is 9.96. The zero-order valence-electron chi connectivity index (χ0n) is 11.9. The van der Waals surface area contributed by atoms with Crippen LogP contribution in [-0.4, -0.2) is 28.8 Å². The van der Waals surface area contributed by atoms with Gasteiger partial charge in [-0.25, -0.2) is 0 Å². The molecule has 1 aromatic heterocycles. The van der Waals surface area contributed by atoms with Crippen molar-refractivity contribution in [1.82, 2.24) is 20.4 Å². The summed E-state index contributed by atoms with van der Waals surface area (Å²) in [6.07, 6.45) is 7.42. The number of fused-ring (bicyclic) bond motifs is 1. The predicted octanol–water partition coefficient (Wildman–Crippen LogP) is 1.13. The largest absolute Gasteiger partial charge is 0.354 e. The van der Waals surface area contributed by atoms with Gasteiger partial charge in [0.25, 0.3) is 0 Å². The van der Waals surface area contributed by atoms with Gasteiger partial charge in [0.2, 0.25) is 0 Å². The Morgan fingerprint density at radius 3 is 2.89 bits per heavy atom. The van der Waals surface area contributed by atoms with Crippen LogP contribution >= 0.6 is 0 Å². The standard InChI is InChI=1S/C14H23N5/c1-15-14(17-10-7-8-10)16-9-13-11-5-3-4-6-12(11)18-19(13)2/h10H,3-9H2,1-2H3,(H2,15,16,17). The van der Waals surface area contributed by atoms with Crippen LogP contribution in [0.1, 0.15) is 42.6 Å². The molecule has 0 bridgehead atoms. The molecule has 19 heavy (non-hydrogen) atoms. The van der Waals surface area contributed by atoms with Crippen molar-refractivity contribution in [3.8, 4) is 0 Å². The smallest absolute Gasteiger partial charge is 0.191 e. The van der Waals surface area contributed by atoms with E-state index in [1.54, 1.807) is 0 Å². The Kier molecular flexibility index (Phi) is 3.44. The molecular weight excluding hydrogens is 238 g/mol. The lowest BCUT2D eigenvalue weighted by Gasteiger charge is -2.14. The van der Waals surface area contributed by atoms with Crippen LogP contribution < -0.4 is 10.6 Å². The van der Waals surface area contributed by atoms with E-state index < -0.39 is 0 Å². The van der Waals surface area contributed by atoms with E-state index in [9.17, 15) is 0 Å². The first-order chi connectivity index (χ1) is 9.28. The number of aryl methyl sites for hydroxylation is 2. The second-order valence-corrected chi connectivity index (χ2v) is 5.55. The molecule has 0 saturated heterocycles. The fourth-order valence-corrected chi connectivity index (χ4v) is 2.75. The fraction of sp³-hybridized carbons (Fsp3) is 0.714. The van der Waals surface area contributed by atoms with Gasteiger partial charge in [-0.05, 0) is 44.1 Å². The molecule has 0 aromatic carbocycles. The zero-order valence-corrected chi connectivity index (χ0v) is 11.9. The third-order valence-corrected chi connectivity index (χ3v) is 4.01. The number of hydrogen-bond acceptors (Lipinski definition) is 2. The maximum Gasteiger partial charge on any atom is 0.191 e. The summed E-state index contributed by atoms with van der Waals surface area (Å²) in [6, 6.07) is 0.631. The number of guanidine groups is 1. The summed E-state index contributed by atoms with van der Waals surface area (Å²) in [5.74, 6) is 0.910. The van der Waals surface area contributed by atoms with E-state index in [4.69, 9.17) is 0 Å². The topological polar surface area (TPSA) is 54.2 Å². The average Bonchev–Trinajstić information content (AvgIpc) is 3.17. The highest BCUT2D eigenvalue weighted by atomic mass is 15.3. The normalized spacial score (nSPS) is 19.2. The maximum atomic E-state index is 4.64. The van der Waals surface area contributed by atoms with Crippen molar-refractivity contribution in [2.24, 2.45) is 12.0 Å². The second kappa shape index (κ2) is 5.23. The minimum Gasteiger partial charge on any atom is -0.354 e. The number of aliphatic imine (C=N–C) groups is 1. The molecule has 0 spiro atoms. The Hall–Kier alpha value is -1.52. The van der Waals surface area contributed by atoms with Crippen LogP contribution in [0, 0.1) is 0 Å². The van der Waals surface area contributed by atoms with Gasteiger partial charge in [-0.1, -0.05) is 0 Å². The summed E-state index contributed by atoms with van der Waals surface area (Å²) in [6.45, 7) is 0.811. The molecule has 1 aromatic rings. The van der Waals surface area contributed by atoms with E-state index in [2.05, 4.69) is 20.7 Å². The third-order valence-electron chi connectivity index (χ3n) is 4.01. The quantitative estimate of drug-likeness (QED) is 0.633. The van der Waals surface area contributed by atoms with Gasteiger partial charge in [-0.3, -0.25) is 9.67 Å². The highest BCUT2D eigenvalue weighted by molar-refractivity contribution is 5.80. The van der Waals surface area contributed by atoms with Gasteiger partial charge in [-0.15, -0.1) is 0 Å². The van der Waals surface area contributed by atoms with Crippen LogP contribution in [-0.2, 0) is 26.4 Å². The summed E-state index contributed by atoms with van der Waals surface area (Å²) in [5.41, 5.74) is 4.08. The predicted molar refractivity (Wildman–Crippen MR) is 76.2 cm³/mol. The highest BCUT2D eigenvalue weighted by Gasteiger charge is 2.23. The summed E-state index contributed by atoms with van der Waals surface area (Å²) < 4.78 is 2.04. The highest BCUT2D eigenvalue weighted by Crippen LogP contribution is 2.23. The Labute approximate surface area is 114 Å². The number of aromatic nitrogens is 2. The molecule has 0 radical (unpaired) electrons. The number of hydrogen-bond donors (Lipinski definition) is 2. The number of nitrogens with zero attached hydrogens (tertiary/aromatic N) is 3. The SMILES string of the molecule is CN=C(NCc1c2c(nn1C)CCCC2)NC1CC1. The first kappa shape index (κ1) is 12.5. The lowest BCUT2D eigenvalue weighted by Crippen LogP contribution is -2.38. The van der Waals surface area contributed by atoms with Gasteiger partial charge in [0.15, 0.2) is 5.96 Å². The summed E-state index contributed by atoms with van der Waals surface area (Å²) in [7, 11) is 3.88. The van der Waals surface area contributed by atoms with E-state index in [0.29, 0.717) is 6.04 Å². The van der Waals surface area contributed by atoms with Crippen LogP contribution in [0.3, 0.4) is 0 Å². The molecular formula is C14H23N5. The minimum atomic E-state index is 0.631. The van der Waals surface area contributed by atoms with Gasteiger partial charge in [0, 0.05) is 20.1 Å². The molecule has 0 unspecified atom stereocenters. The molecule has 0 aliphatic heterocycles. The molecule has 5 heteroatoms. The first-order valence-corrected chi connectivity index (χ1v) is 7.28. The van der Waals surface area contributed by atoms with Crippen LogP contribution in [0.2, 0.25) is 0 Å². The van der Waals surface area contributed by atoms with Crippen molar-refractivity contribution in [2.75, 3.05) is 7.05 Å². The van der Waals surface area contributed by atoms with Crippen LogP contribution in [0.25, 0.3) is 0 Å². The Morgan fingerprint density at radius 1 is 1.37 bits per heavy atom. The second-order valence-electron chi connectivity index (χ2n) is 5.55. The van der Waals surface area contributed by atoms with E-state index in [1.165, 1.54) is 49.1 Å². The van der Waals surface area contributed by atoms with Crippen LogP contribution in [0.4, 0.5) is 0 Å². The first-order valence-electron chi connectivity index (χ1n) is 7.28. The molecule has 1 heterocycles. The Bertz CT molecular complexity index is 484. The maximum absolute atomic E-state index is 4.64. The van der Waals surface area contributed by atoms with E-state index in [1.807, 2.05) is 18.8 Å². The Balaban J connectivity index is 1.67. The summed E-state index contributed by atoms with van der Waals surface area (Å²) in [5, 5.41) is 11.5. The van der Waals surface area contributed by atoms with E-state index in [0.717, 1.165) is 18.9 Å². The van der Waals surface area contributed by atoms with Crippen LogP contribution in [0.15, 0.2) is 4.99 Å². The average molecular weight is 261 g/mol. The monoisotopic (exact) mass is 261 g/mol. The Morgan fingerprint density at radius 2 is 2.16 bits per heavy atom. The third kappa shape index (κ3) is 2.74. The molecule has 2 N–H and O–H groups in total. The number of nitrogens with one attached hydrogen (secondary N) is 2. The minimum absolute atomic E-state index is 0.631. The van der Waals surface area contributed by atoms with Crippen LogP contribution in [0.5, 0.6) is 0 Å². The molecule has 104 valence electrons. The zero-order chi connectivity index (χ0) is 13.2. The molecule has 1 saturated carbocycles. The molecule has 5 nitrogen and oxygen atoms in total. The van der Waals surface area contributed by atoms with Crippen molar-refractivity contribution >= 4 is 5.96 Å². The fourth-order valence-electron chi connectivity index (χ4n) is 2.75. The van der Waals surface area contributed by atoms with Crippen molar-refractivity contribution in [2.45, 2.75) is 51.1 Å². The summed E-state index contributed by atoms with van der Waals surface area (Å²) in [4.78, 5) is 4.27. The van der Waals surface area contributed by atoms with Crippen molar-refractivity contribution < 1.29 is 0 Å². The molecule has 2 aliphatic rings. The molecule has 0 atom stereocenters. The molecule has 1 fully saturated rings. The van der Waals surface area contributed by atoms with Crippen molar-refractivity contribution in [3.05, 3.63) is 17.0 Å². The molecule has 0 amide bonds. The van der Waals surface area contributed by atoms with Gasteiger partial charge in [0.05, 0.1) is 17.9 Å². The van der Waals surface area contributed by atoms with Gasteiger partial charge >= 0.3 is 0 Å².